The van der Waals surface area contributed by atoms with Gasteiger partial charge in [0.15, 0.2) is 0 Å². The van der Waals surface area contributed by atoms with E-state index in [1.54, 1.807) is 23.6 Å². The van der Waals surface area contributed by atoms with Crippen LogP contribution in [-0.2, 0) is 19.1 Å². The van der Waals surface area contributed by atoms with Crippen molar-refractivity contribution >= 4 is 29.5 Å². The number of amides is 2. The van der Waals surface area contributed by atoms with E-state index in [4.69, 9.17) is 4.74 Å². The van der Waals surface area contributed by atoms with Crippen molar-refractivity contribution in [3.8, 4) is 0 Å². The van der Waals surface area contributed by atoms with E-state index in [0.717, 1.165) is 19.3 Å². The van der Waals surface area contributed by atoms with E-state index in [1.807, 2.05) is 20.8 Å². The van der Waals surface area contributed by atoms with Crippen LogP contribution in [-0.4, -0.2) is 68.6 Å². The fraction of sp³-hybridized carbons (Fsp3) is 0.864. The molecule has 7 atom stereocenters. The Hall–Kier alpha value is -1.28. The molecule has 0 aromatic carbocycles. The fourth-order valence-electron chi connectivity index (χ4n) is 5.89. The van der Waals surface area contributed by atoms with E-state index < -0.39 is 33.4 Å². The summed E-state index contributed by atoms with van der Waals surface area (Å²) in [5.41, 5.74) is 0. The van der Waals surface area contributed by atoms with E-state index in [2.05, 4.69) is 12.2 Å². The summed E-state index contributed by atoms with van der Waals surface area (Å²) in [6.45, 7) is 9.81. The first-order valence-corrected chi connectivity index (χ1v) is 12.1. The first-order chi connectivity index (χ1) is 14.2. The summed E-state index contributed by atoms with van der Waals surface area (Å²) in [7, 11) is 0. The van der Waals surface area contributed by atoms with Gasteiger partial charge < -0.3 is 20.1 Å². The van der Waals surface area contributed by atoms with Gasteiger partial charge in [-0.15, -0.1) is 11.8 Å². The van der Waals surface area contributed by atoms with Crippen LogP contribution in [0.1, 0.15) is 66.7 Å². The molecule has 2 bridgehead atoms. The van der Waals surface area contributed by atoms with Crippen LogP contribution >= 0.6 is 11.8 Å². The van der Waals surface area contributed by atoms with Crippen molar-refractivity contribution in [2.45, 2.75) is 94.3 Å². The van der Waals surface area contributed by atoms with Crippen molar-refractivity contribution in [2.75, 3.05) is 13.2 Å². The third kappa shape index (κ3) is 3.44. The van der Waals surface area contributed by atoms with Crippen LogP contribution in [0.5, 0.6) is 0 Å². The molecule has 3 unspecified atom stereocenters. The lowest BCUT2D eigenvalue weighted by atomic mass is 9.66. The molecule has 0 saturated carbocycles. The molecule has 1 spiro atoms. The molecule has 3 fully saturated rings. The maximum atomic E-state index is 13.7. The van der Waals surface area contributed by atoms with E-state index in [-0.39, 0.29) is 37.0 Å². The topological polar surface area (TPSA) is 95.9 Å². The quantitative estimate of drug-likeness (QED) is 0.533. The van der Waals surface area contributed by atoms with Crippen molar-refractivity contribution in [3.05, 3.63) is 0 Å². The average Bonchev–Trinajstić information content (AvgIpc) is 3.25. The molecular formula is C22H36N2O5S. The third-order valence-corrected chi connectivity index (χ3v) is 9.17. The number of esters is 1. The van der Waals surface area contributed by atoms with Gasteiger partial charge in [0.1, 0.15) is 6.04 Å². The summed E-state index contributed by atoms with van der Waals surface area (Å²) < 4.78 is 4.30. The van der Waals surface area contributed by atoms with Crippen molar-refractivity contribution in [1.82, 2.24) is 10.2 Å². The number of ether oxygens (including phenoxy) is 1. The van der Waals surface area contributed by atoms with Gasteiger partial charge in [-0.2, -0.15) is 0 Å². The van der Waals surface area contributed by atoms with Crippen molar-refractivity contribution in [1.29, 1.82) is 0 Å². The van der Waals surface area contributed by atoms with Gasteiger partial charge >= 0.3 is 5.97 Å². The molecule has 3 rings (SSSR count). The predicted molar refractivity (Wildman–Crippen MR) is 116 cm³/mol. The smallest absolute Gasteiger partial charge is 0.311 e. The van der Waals surface area contributed by atoms with Gasteiger partial charge in [0.2, 0.25) is 11.8 Å². The highest BCUT2D eigenvalue weighted by molar-refractivity contribution is 8.02. The highest BCUT2D eigenvalue weighted by Gasteiger charge is 2.77. The number of carbonyl (C=O) groups excluding carboxylic acids is 3. The number of hydrogen-bond acceptors (Lipinski definition) is 6. The van der Waals surface area contributed by atoms with Gasteiger partial charge in [-0.3, -0.25) is 14.4 Å². The zero-order valence-corrected chi connectivity index (χ0v) is 19.6. The predicted octanol–water partition coefficient (Wildman–Crippen LogP) is 2.11. The average molecular weight is 441 g/mol. The molecule has 3 aliphatic rings. The van der Waals surface area contributed by atoms with Gasteiger partial charge in [0, 0.05) is 10.8 Å². The Morgan fingerprint density at radius 3 is 2.60 bits per heavy atom. The molecule has 2 amide bonds. The Labute approximate surface area is 183 Å². The van der Waals surface area contributed by atoms with Crippen LogP contribution in [0.2, 0.25) is 0 Å². The number of nitrogens with zero attached hydrogens (tertiary/aromatic N) is 1. The highest BCUT2D eigenvalue weighted by Crippen LogP contribution is 2.71. The molecular weight excluding hydrogens is 404 g/mol. The van der Waals surface area contributed by atoms with Crippen molar-refractivity contribution in [2.24, 2.45) is 11.8 Å². The van der Waals surface area contributed by atoms with Gasteiger partial charge in [-0.1, -0.05) is 20.3 Å². The minimum Gasteiger partial charge on any atom is -0.466 e. The maximum Gasteiger partial charge on any atom is 0.311 e. The summed E-state index contributed by atoms with van der Waals surface area (Å²) in [5.74, 6) is -1.84. The Balaban J connectivity index is 2.04. The van der Waals surface area contributed by atoms with Crippen molar-refractivity contribution < 1.29 is 24.2 Å². The second-order valence-electron chi connectivity index (χ2n) is 9.17. The van der Waals surface area contributed by atoms with Gasteiger partial charge in [-0.05, 0) is 46.5 Å². The van der Waals surface area contributed by atoms with E-state index in [0.29, 0.717) is 12.8 Å². The normalized spacial score (nSPS) is 36.5. The molecule has 8 heteroatoms. The van der Waals surface area contributed by atoms with Crippen LogP contribution < -0.4 is 5.32 Å². The Morgan fingerprint density at radius 2 is 2.03 bits per heavy atom. The maximum absolute atomic E-state index is 13.7. The molecule has 0 aromatic rings. The zero-order valence-electron chi connectivity index (χ0n) is 18.8. The summed E-state index contributed by atoms with van der Waals surface area (Å²) >= 11 is 1.63. The number of rotatable bonds is 9. The number of fused-ring (bicyclic) bond motifs is 1. The van der Waals surface area contributed by atoms with Crippen LogP contribution in [0.4, 0.5) is 0 Å². The van der Waals surface area contributed by atoms with Crippen LogP contribution in [0, 0.1) is 11.8 Å². The minimum atomic E-state index is -0.683. The number of hydrogen-bond donors (Lipinski definition) is 2. The fourth-order valence-corrected chi connectivity index (χ4v) is 8.22. The lowest BCUT2D eigenvalue weighted by Crippen LogP contribution is -2.57. The molecule has 3 aliphatic heterocycles. The summed E-state index contributed by atoms with van der Waals surface area (Å²) in [5, 5.41) is 13.1. The molecule has 0 radical (unpaired) electrons. The second kappa shape index (κ2) is 8.69. The van der Waals surface area contributed by atoms with E-state index in [9.17, 15) is 19.5 Å². The number of aliphatic hydroxyl groups excluding tert-OH is 1. The van der Waals surface area contributed by atoms with Crippen LogP contribution in [0.25, 0.3) is 0 Å². The van der Waals surface area contributed by atoms with Gasteiger partial charge in [-0.25, -0.2) is 0 Å². The van der Waals surface area contributed by atoms with E-state index >= 15 is 0 Å². The van der Waals surface area contributed by atoms with Crippen LogP contribution in [0.3, 0.4) is 0 Å². The number of nitrogens with one attached hydrogen (secondary N) is 1. The largest absolute Gasteiger partial charge is 0.466 e. The van der Waals surface area contributed by atoms with Gasteiger partial charge in [0.05, 0.1) is 35.8 Å². The summed E-state index contributed by atoms with van der Waals surface area (Å²) in [6, 6.07) is -1.12. The Bertz CT molecular complexity index is 699. The number of likely N-dealkylation sites (tertiary alicyclic amines) is 1. The molecule has 170 valence electrons. The SMILES string of the molecule is CCCC(C)NC(=O)C1N([C@@H](CC)CO)C(=O)[C@@H]2[C@@H](C(=O)OCC)[C@@]3(C)CCC12S3. The number of aliphatic hydroxyl groups is 1. The zero-order chi connectivity index (χ0) is 22.3. The monoisotopic (exact) mass is 440 g/mol. The lowest BCUT2D eigenvalue weighted by Gasteiger charge is -2.37. The van der Waals surface area contributed by atoms with Crippen LogP contribution in [0.15, 0.2) is 0 Å². The van der Waals surface area contributed by atoms with Crippen molar-refractivity contribution in [3.63, 3.8) is 0 Å². The lowest BCUT2D eigenvalue weighted by molar-refractivity contribution is -0.155. The molecule has 2 N–H and O–H groups in total. The minimum absolute atomic E-state index is 0.00384. The molecule has 30 heavy (non-hydrogen) atoms. The molecule has 0 aromatic heterocycles. The molecule has 0 aliphatic carbocycles. The molecule has 3 saturated heterocycles. The summed E-state index contributed by atoms with van der Waals surface area (Å²) in [6.07, 6.45) is 3.83. The molecule has 7 nitrogen and oxygen atoms in total. The highest BCUT2D eigenvalue weighted by atomic mass is 32.2. The number of carbonyl (C=O) groups is 3. The number of thioether (sulfide) groups is 1. The second-order valence-corrected chi connectivity index (χ2v) is 11.1. The first-order valence-electron chi connectivity index (χ1n) is 11.3. The third-order valence-electron chi connectivity index (χ3n) is 7.19. The molecule has 3 heterocycles. The first kappa shape index (κ1) is 23.4. The summed E-state index contributed by atoms with van der Waals surface area (Å²) in [4.78, 5) is 41.8. The van der Waals surface area contributed by atoms with E-state index in [1.165, 1.54) is 0 Å². The Kier molecular flexibility index (Phi) is 6.77. The Morgan fingerprint density at radius 1 is 1.33 bits per heavy atom. The van der Waals surface area contributed by atoms with Gasteiger partial charge in [0.25, 0.3) is 0 Å². The standard InChI is InChI=1S/C22H36N2O5S/c1-6-9-13(4)23-18(26)17-22-11-10-21(5,30-22)16(20(28)29-8-3)15(22)19(27)24(17)14(7-2)12-25/h13-17,25H,6-12H2,1-5H3,(H,23,26)/t13?,14-,15-,16-,17?,21+,22?/m0/s1.